The monoisotopic (exact) mass is 513 g/mol. The Kier molecular flexibility index (Phi) is 11.2. The average molecular weight is 514 g/mol. The SMILES string of the molecule is NC(=O)CC(NC(=O)C(Cc1ccccc1)NC(=O)C(N)Cc1ccccc1)C(=O)NC(CO)C(=O)O. The summed E-state index contributed by atoms with van der Waals surface area (Å²) >= 11 is 0. The Morgan fingerprint density at radius 2 is 1.16 bits per heavy atom. The third-order valence-corrected chi connectivity index (χ3v) is 5.39. The Morgan fingerprint density at radius 3 is 1.65 bits per heavy atom. The summed E-state index contributed by atoms with van der Waals surface area (Å²) in [7, 11) is 0. The first-order valence-electron chi connectivity index (χ1n) is 11.5. The second-order valence-corrected chi connectivity index (χ2v) is 8.36. The Morgan fingerprint density at radius 1 is 0.703 bits per heavy atom. The lowest BCUT2D eigenvalue weighted by Gasteiger charge is -2.24. The molecule has 9 N–H and O–H groups in total. The molecule has 0 aliphatic carbocycles. The fourth-order valence-electron chi connectivity index (χ4n) is 3.44. The normalized spacial score (nSPS) is 13.9. The van der Waals surface area contributed by atoms with Crippen LogP contribution in [0.4, 0.5) is 0 Å². The molecule has 37 heavy (non-hydrogen) atoms. The van der Waals surface area contributed by atoms with Crippen molar-refractivity contribution in [2.45, 2.75) is 43.4 Å². The predicted octanol–water partition coefficient (Wildman–Crippen LogP) is -1.79. The van der Waals surface area contributed by atoms with Crippen molar-refractivity contribution in [1.29, 1.82) is 0 Å². The van der Waals surface area contributed by atoms with Crippen LogP contribution in [0, 0.1) is 0 Å². The summed E-state index contributed by atoms with van der Waals surface area (Å²) in [5, 5.41) is 25.2. The molecule has 4 unspecified atom stereocenters. The van der Waals surface area contributed by atoms with Gasteiger partial charge < -0.3 is 37.6 Å². The fourth-order valence-corrected chi connectivity index (χ4v) is 3.44. The van der Waals surface area contributed by atoms with Crippen molar-refractivity contribution in [3.63, 3.8) is 0 Å². The number of nitrogens with two attached hydrogens (primary N) is 2. The van der Waals surface area contributed by atoms with Gasteiger partial charge in [0, 0.05) is 6.42 Å². The van der Waals surface area contributed by atoms with Gasteiger partial charge in [0.1, 0.15) is 18.1 Å². The van der Waals surface area contributed by atoms with Crippen LogP contribution in [0.1, 0.15) is 17.5 Å². The predicted molar refractivity (Wildman–Crippen MR) is 133 cm³/mol. The highest BCUT2D eigenvalue weighted by atomic mass is 16.4. The second kappa shape index (κ2) is 14.3. The zero-order valence-corrected chi connectivity index (χ0v) is 20.0. The van der Waals surface area contributed by atoms with E-state index in [4.69, 9.17) is 21.7 Å². The Hall–Kier alpha value is -4.29. The molecule has 2 aromatic carbocycles. The van der Waals surface area contributed by atoms with E-state index in [2.05, 4.69) is 10.6 Å². The lowest BCUT2D eigenvalue weighted by Crippen LogP contribution is -2.58. The lowest BCUT2D eigenvalue weighted by molar-refractivity contribution is -0.143. The first-order valence-corrected chi connectivity index (χ1v) is 11.5. The van der Waals surface area contributed by atoms with Crippen LogP contribution in [-0.4, -0.2) is 70.6 Å². The van der Waals surface area contributed by atoms with Gasteiger partial charge in [0.05, 0.1) is 19.1 Å². The molecule has 12 nitrogen and oxygen atoms in total. The molecular weight excluding hydrogens is 482 g/mol. The van der Waals surface area contributed by atoms with E-state index in [-0.39, 0.29) is 12.8 Å². The van der Waals surface area contributed by atoms with Crippen molar-refractivity contribution < 1.29 is 34.2 Å². The number of aliphatic carboxylic acids is 1. The summed E-state index contributed by atoms with van der Waals surface area (Å²) in [6, 6.07) is 12.4. The number of primary amides is 1. The molecule has 0 heterocycles. The number of carboxylic acids is 1. The summed E-state index contributed by atoms with van der Waals surface area (Å²) in [6.45, 7) is -0.912. The molecule has 0 bridgehead atoms. The summed E-state index contributed by atoms with van der Waals surface area (Å²) < 4.78 is 0. The van der Waals surface area contributed by atoms with E-state index in [1.54, 1.807) is 42.5 Å². The van der Waals surface area contributed by atoms with Crippen LogP contribution < -0.4 is 27.4 Å². The van der Waals surface area contributed by atoms with E-state index in [0.29, 0.717) is 5.56 Å². The molecule has 2 rings (SSSR count). The maximum Gasteiger partial charge on any atom is 0.328 e. The van der Waals surface area contributed by atoms with Gasteiger partial charge in [0.15, 0.2) is 0 Å². The maximum absolute atomic E-state index is 13.2. The molecule has 198 valence electrons. The molecule has 0 saturated carbocycles. The summed E-state index contributed by atoms with van der Waals surface area (Å²) in [4.78, 5) is 61.3. The fraction of sp³-hybridized carbons (Fsp3) is 0.320. The molecule has 2 aromatic rings. The molecule has 0 fully saturated rings. The first kappa shape index (κ1) is 28.9. The number of carboxylic acid groups (broad SMARTS) is 1. The molecule has 12 heteroatoms. The van der Waals surface area contributed by atoms with Crippen LogP contribution in [0.25, 0.3) is 0 Å². The van der Waals surface area contributed by atoms with E-state index in [1.807, 2.05) is 23.5 Å². The van der Waals surface area contributed by atoms with Gasteiger partial charge in [-0.3, -0.25) is 19.2 Å². The van der Waals surface area contributed by atoms with E-state index in [1.165, 1.54) is 0 Å². The largest absolute Gasteiger partial charge is 0.480 e. The number of aliphatic hydroxyl groups excluding tert-OH is 1. The minimum Gasteiger partial charge on any atom is -0.480 e. The van der Waals surface area contributed by atoms with E-state index in [9.17, 15) is 24.0 Å². The number of hydrogen-bond donors (Lipinski definition) is 7. The van der Waals surface area contributed by atoms with Gasteiger partial charge >= 0.3 is 5.97 Å². The van der Waals surface area contributed by atoms with Crippen molar-refractivity contribution >= 4 is 29.6 Å². The quantitative estimate of drug-likeness (QED) is 0.153. The number of carbonyl (C=O) groups excluding carboxylic acids is 4. The van der Waals surface area contributed by atoms with Crippen LogP contribution in [0.5, 0.6) is 0 Å². The lowest BCUT2D eigenvalue weighted by atomic mass is 10.0. The minimum atomic E-state index is -1.66. The van der Waals surface area contributed by atoms with Gasteiger partial charge in [0.2, 0.25) is 23.6 Å². The van der Waals surface area contributed by atoms with Crippen LogP contribution in [-0.2, 0) is 36.8 Å². The van der Waals surface area contributed by atoms with E-state index >= 15 is 0 Å². The number of nitrogens with one attached hydrogen (secondary N) is 3. The van der Waals surface area contributed by atoms with Gasteiger partial charge in [0.25, 0.3) is 0 Å². The highest BCUT2D eigenvalue weighted by molar-refractivity contribution is 5.96. The molecule has 4 atom stereocenters. The average Bonchev–Trinajstić information content (AvgIpc) is 2.86. The summed E-state index contributed by atoms with van der Waals surface area (Å²) in [5.74, 6) is -4.92. The van der Waals surface area contributed by atoms with Crippen LogP contribution in [0.2, 0.25) is 0 Å². The number of carbonyl (C=O) groups is 5. The summed E-state index contributed by atoms with van der Waals surface area (Å²) in [6.07, 6.45) is -0.387. The Labute approximate surface area is 213 Å². The number of rotatable bonds is 14. The van der Waals surface area contributed by atoms with Crippen molar-refractivity contribution in [2.24, 2.45) is 11.5 Å². The van der Waals surface area contributed by atoms with Gasteiger partial charge in [-0.1, -0.05) is 60.7 Å². The van der Waals surface area contributed by atoms with Gasteiger partial charge in [-0.15, -0.1) is 0 Å². The van der Waals surface area contributed by atoms with Crippen LogP contribution in [0.15, 0.2) is 60.7 Å². The van der Waals surface area contributed by atoms with Crippen molar-refractivity contribution in [2.75, 3.05) is 6.61 Å². The Balaban J connectivity index is 2.20. The van der Waals surface area contributed by atoms with Crippen LogP contribution in [0.3, 0.4) is 0 Å². The highest BCUT2D eigenvalue weighted by Gasteiger charge is 2.31. The second-order valence-electron chi connectivity index (χ2n) is 8.36. The molecular formula is C25H31N5O7. The van der Waals surface area contributed by atoms with Crippen molar-refractivity contribution in [3.8, 4) is 0 Å². The minimum absolute atomic E-state index is 0.0375. The number of benzene rings is 2. The zero-order valence-electron chi connectivity index (χ0n) is 20.0. The maximum atomic E-state index is 13.2. The third-order valence-electron chi connectivity index (χ3n) is 5.39. The van der Waals surface area contributed by atoms with Gasteiger partial charge in [-0.05, 0) is 17.5 Å². The molecule has 0 aromatic heterocycles. The smallest absolute Gasteiger partial charge is 0.328 e. The molecule has 0 saturated heterocycles. The Bertz CT molecular complexity index is 1080. The third kappa shape index (κ3) is 9.70. The van der Waals surface area contributed by atoms with Gasteiger partial charge in [-0.25, -0.2) is 4.79 Å². The van der Waals surface area contributed by atoms with Crippen LogP contribution >= 0.6 is 0 Å². The van der Waals surface area contributed by atoms with E-state index < -0.39 is 66.8 Å². The van der Waals surface area contributed by atoms with Crippen molar-refractivity contribution in [1.82, 2.24) is 16.0 Å². The standard InChI is InChI=1S/C25H31N5O7/c26-17(11-15-7-3-1-4-8-15)22(33)28-18(12-16-9-5-2-6-10-16)23(34)29-19(13-21(27)32)24(35)30-20(14-31)25(36)37/h1-10,17-20,31H,11-14,26H2,(H2,27,32)(H,28,33)(H,29,34)(H,30,35)(H,36,37). The summed E-state index contributed by atoms with van der Waals surface area (Å²) in [5.41, 5.74) is 12.8. The number of hydrogen-bond acceptors (Lipinski definition) is 7. The van der Waals surface area contributed by atoms with Gasteiger partial charge in [-0.2, -0.15) is 0 Å². The topological polar surface area (TPSA) is 214 Å². The zero-order chi connectivity index (χ0) is 27.4. The molecule has 0 aliphatic heterocycles. The highest BCUT2D eigenvalue weighted by Crippen LogP contribution is 2.07. The molecule has 0 radical (unpaired) electrons. The molecule has 4 amide bonds. The van der Waals surface area contributed by atoms with E-state index in [0.717, 1.165) is 5.56 Å². The first-order chi connectivity index (χ1) is 17.6. The number of aliphatic hydroxyl groups is 1. The molecule has 0 aliphatic rings. The number of amides is 4. The van der Waals surface area contributed by atoms with Crippen molar-refractivity contribution in [3.05, 3.63) is 71.8 Å². The molecule has 0 spiro atoms.